The van der Waals surface area contributed by atoms with E-state index in [2.05, 4.69) is 15.6 Å². The number of urea groups is 1. The maximum absolute atomic E-state index is 13.1. The van der Waals surface area contributed by atoms with Crippen LogP contribution < -0.4 is 10.6 Å². The molecule has 1 saturated heterocycles. The lowest BCUT2D eigenvalue weighted by molar-refractivity contribution is -0.140. The molecule has 2 aromatic rings. The van der Waals surface area contributed by atoms with Crippen molar-refractivity contribution in [2.24, 2.45) is 0 Å². The number of aryl methyl sites for hydroxylation is 1. The minimum absolute atomic E-state index is 0.00200. The number of halogens is 3. The van der Waals surface area contributed by atoms with Crippen LogP contribution in [-0.2, 0) is 6.18 Å². The number of piperidine rings is 1. The molecule has 2 aromatic heterocycles. The van der Waals surface area contributed by atoms with Crippen LogP contribution in [0.15, 0.2) is 12.1 Å². The maximum atomic E-state index is 13.1. The minimum atomic E-state index is -4.52. The van der Waals surface area contributed by atoms with E-state index in [1.165, 1.54) is 12.5 Å². The predicted molar refractivity (Wildman–Crippen MR) is 117 cm³/mol. The molecule has 174 valence electrons. The maximum Gasteiger partial charge on any atom is 0.433 e. The summed E-state index contributed by atoms with van der Waals surface area (Å²) in [5, 5.41) is 6.64. The summed E-state index contributed by atoms with van der Waals surface area (Å²) in [5.41, 5.74) is -0.299. The highest BCUT2D eigenvalue weighted by molar-refractivity contribution is 7.20. The van der Waals surface area contributed by atoms with Crippen molar-refractivity contribution < 1.29 is 22.8 Å². The Hall–Kier alpha value is -2.36. The minimum Gasteiger partial charge on any atom is -0.338 e. The number of aromatic nitrogens is 1. The molecule has 0 bridgehead atoms. The van der Waals surface area contributed by atoms with Crippen molar-refractivity contribution in [3.63, 3.8) is 0 Å². The Balaban J connectivity index is 1.35. The van der Waals surface area contributed by atoms with Crippen LogP contribution in [0.5, 0.6) is 0 Å². The first-order valence-corrected chi connectivity index (χ1v) is 11.9. The molecule has 3 heterocycles. The second-order valence-corrected chi connectivity index (χ2v) is 9.62. The van der Waals surface area contributed by atoms with E-state index in [9.17, 15) is 22.8 Å². The number of hydrogen-bond donors (Lipinski definition) is 2. The molecule has 0 unspecified atom stereocenters. The van der Waals surface area contributed by atoms with Gasteiger partial charge >= 0.3 is 12.2 Å². The van der Waals surface area contributed by atoms with E-state index < -0.39 is 11.9 Å². The number of carbonyl (C=O) groups excluding carboxylic acids is 2. The Labute approximate surface area is 188 Å². The monoisotopic (exact) mass is 468 g/mol. The molecule has 2 N–H and O–H groups in total. The van der Waals surface area contributed by atoms with E-state index in [1.54, 1.807) is 11.8 Å². The van der Waals surface area contributed by atoms with Crippen molar-refractivity contribution in [2.75, 3.05) is 13.1 Å². The fraction of sp³-hybridized carbons (Fsp3) is 0.591. The highest BCUT2D eigenvalue weighted by Gasteiger charge is 2.33. The number of amides is 3. The van der Waals surface area contributed by atoms with Gasteiger partial charge in [0.1, 0.15) is 10.5 Å². The van der Waals surface area contributed by atoms with Gasteiger partial charge in [0.25, 0.3) is 5.91 Å². The predicted octanol–water partition coefficient (Wildman–Crippen LogP) is 4.86. The number of likely N-dealkylation sites (tertiary alicyclic amines) is 1. The first kappa shape index (κ1) is 22.8. The number of thiophene rings is 1. The molecule has 0 spiro atoms. The quantitative estimate of drug-likeness (QED) is 0.676. The fourth-order valence-electron chi connectivity index (χ4n) is 4.49. The Morgan fingerprint density at radius 3 is 2.28 bits per heavy atom. The van der Waals surface area contributed by atoms with Gasteiger partial charge in [-0.3, -0.25) is 4.79 Å². The third-order valence-electron chi connectivity index (χ3n) is 6.35. The molecule has 6 nitrogen and oxygen atoms in total. The zero-order chi connectivity index (χ0) is 22.9. The number of hydrogen-bond acceptors (Lipinski definition) is 4. The van der Waals surface area contributed by atoms with Crippen LogP contribution in [0.4, 0.5) is 18.0 Å². The molecule has 0 atom stereocenters. The summed E-state index contributed by atoms with van der Waals surface area (Å²) in [5.74, 6) is -0.191. The molecule has 0 radical (unpaired) electrons. The lowest BCUT2D eigenvalue weighted by Crippen LogP contribution is -2.51. The Bertz CT molecular complexity index is 993. The van der Waals surface area contributed by atoms with Crippen LogP contribution in [0.1, 0.15) is 65.9 Å². The first-order valence-electron chi connectivity index (χ1n) is 11.1. The number of rotatable bonds is 3. The Kier molecular flexibility index (Phi) is 6.60. The van der Waals surface area contributed by atoms with Crippen LogP contribution in [0.2, 0.25) is 0 Å². The summed E-state index contributed by atoms with van der Waals surface area (Å²) < 4.78 is 38.9. The lowest BCUT2D eigenvalue weighted by Gasteiger charge is -2.33. The van der Waals surface area contributed by atoms with Gasteiger partial charge < -0.3 is 15.5 Å². The molecule has 2 fully saturated rings. The van der Waals surface area contributed by atoms with E-state index in [4.69, 9.17) is 0 Å². The van der Waals surface area contributed by atoms with E-state index in [-0.39, 0.29) is 28.9 Å². The van der Waals surface area contributed by atoms with Gasteiger partial charge in [-0.25, -0.2) is 9.78 Å². The molecular formula is C22H27F3N4O2S. The van der Waals surface area contributed by atoms with Gasteiger partial charge in [-0.05, 0) is 50.3 Å². The Morgan fingerprint density at radius 1 is 1.03 bits per heavy atom. The summed E-state index contributed by atoms with van der Waals surface area (Å²) >= 11 is 1.00. The van der Waals surface area contributed by atoms with Crippen LogP contribution in [0, 0.1) is 6.92 Å². The molecule has 2 aliphatic rings. The number of fused-ring (bicyclic) bond motifs is 1. The van der Waals surface area contributed by atoms with E-state index in [0.29, 0.717) is 41.8 Å². The number of alkyl halides is 3. The van der Waals surface area contributed by atoms with Crippen molar-refractivity contribution in [1.82, 2.24) is 20.5 Å². The summed E-state index contributed by atoms with van der Waals surface area (Å²) in [6, 6.07) is 2.43. The van der Waals surface area contributed by atoms with Crippen molar-refractivity contribution in [1.29, 1.82) is 0 Å². The largest absolute Gasteiger partial charge is 0.433 e. The zero-order valence-electron chi connectivity index (χ0n) is 17.9. The Morgan fingerprint density at radius 2 is 1.66 bits per heavy atom. The second-order valence-electron chi connectivity index (χ2n) is 8.62. The standard InChI is InChI=1S/C22H27F3N4O2S/c1-13-16-7-8-17(22(23,24)25)28-19(16)32-18(13)20(30)29-11-9-15(10-12-29)27-21(31)26-14-5-3-2-4-6-14/h7-8,14-15H,2-6,9-12H2,1H3,(H2,26,27,31). The molecule has 10 heteroatoms. The average Bonchev–Trinajstić information content (AvgIpc) is 3.10. The molecule has 0 aromatic carbocycles. The third-order valence-corrected chi connectivity index (χ3v) is 7.54. The normalized spacial score (nSPS) is 18.7. The number of carbonyl (C=O) groups is 2. The fourth-order valence-corrected chi connectivity index (χ4v) is 5.64. The van der Waals surface area contributed by atoms with Gasteiger partial charge in [-0.15, -0.1) is 11.3 Å². The average molecular weight is 469 g/mol. The molecule has 3 amide bonds. The van der Waals surface area contributed by atoms with Gasteiger partial charge in [0.15, 0.2) is 0 Å². The highest BCUT2D eigenvalue weighted by atomic mass is 32.1. The summed E-state index contributed by atoms with van der Waals surface area (Å²) in [7, 11) is 0. The molecule has 1 aliphatic heterocycles. The molecule has 1 saturated carbocycles. The number of pyridine rings is 1. The van der Waals surface area contributed by atoms with Gasteiger partial charge in [0, 0.05) is 30.6 Å². The zero-order valence-corrected chi connectivity index (χ0v) is 18.7. The topological polar surface area (TPSA) is 74.3 Å². The number of nitrogens with zero attached hydrogens (tertiary/aromatic N) is 2. The van der Waals surface area contributed by atoms with Crippen molar-refractivity contribution >= 4 is 33.5 Å². The SMILES string of the molecule is Cc1c(C(=O)N2CCC(NC(=O)NC3CCCCC3)CC2)sc2nc(C(F)(F)F)ccc12. The number of nitrogens with one attached hydrogen (secondary N) is 2. The molecule has 32 heavy (non-hydrogen) atoms. The summed E-state index contributed by atoms with van der Waals surface area (Å²) in [6.45, 7) is 2.72. The second kappa shape index (κ2) is 9.25. The smallest absolute Gasteiger partial charge is 0.338 e. The molecule has 4 rings (SSSR count). The van der Waals surface area contributed by atoms with Gasteiger partial charge in [-0.1, -0.05) is 19.3 Å². The van der Waals surface area contributed by atoms with Gasteiger partial charge in [-0.2, -0.15) is 13.2 Å². The van der Waals surface area contributed by atoms with Crippen LogP contribution >= 0.6 is 11.3 Å². The first-order chi connectivity index (χ1) is 15.2. The van der Waals surface area contributed by atoms with E-state index in [1.807, 2.05) is 0 Å². The third kappa shape index (κ3) is 5.00. The highest BCUT2D eigenvalue weighted by Crippen LogP contribution is 2.35. The van der Waals surface area contributed by atoms with Crippen molar-refractivity contribution in [2.45, 2.75) is 70.1 Å². The summed E-state index contributed by atoms with van der Waals surface area (Å²) in [6.07, 6.45) is 2.34. The molecule has 1 aliphatic carbocycles. The lowest BCUT2D eigenvalue weighted by atomic mass is 9.96. The van der Waals surface area contributed by atoms with Crippen LogP contribution in [0.25, 0.3) is 10.2 Å². The van der Waals surface area contributed by atoms with Crippen LogP contribution in [-0.4, -0.2) is 47.0 Å². The summed E-state index contributed by atoms with van der Waals surface area (Å²) in [4.78, 5) is 31.4. The van der Waals surface area contributed by atoms with Gasteiger partial charge in [0.05, 0.1) is 4.88 Å². The molecular weight excluding hydrogens is 441 g/mol. The van der Waals surface area contributed by atoms with E-state index in [0.717, 1.165) is 43.1 Å². The van der Waals surface area contributed by atoms with Crippen molar-refractivity contribution in [3.05, 3.63) is 28.3 Å². The van der Waals surface area contributed by atoms with Crippen LogP contribution in [0.3, 0.4) is 0 Å². The van der Waals surface area contributed by atoms with Gasteiger partial charge in [0.2, 0.25) is 0 Å². The van der Waals surface area contributed by atoms with E-state index >= 15 is 0 Å². The van der Waals surface area contributed by atoms with Crippen molar-refractivity contribution in [3.8, 4) is 0 Å².